The number of alkyl halides is 4. The molecule has 1 fully saturated rings. The van der Waals surface area contributed by atoms with E-state index in [0.717, 1.165) is 12.1 Å². The zero-order valence-electron chi connectivity index (χ0n) is 16.1. The number of ether oxygens (including phenoxy) is 1. The highest BCUT2D eigenvalue weighted by Crippen LogP contribution is 2.29. The van der Waals surface area contributed by atoms with E-state index in [-0.39, 0.29) is 25.9 Å². The van der Waals surface area contributed by atoms with Crippen LogP contribution in [0.15, 0.2) is 24.3 Å². The van der Waals surface area contributed by atoms with Crippen molar-refractivity contribution in [1.82, 2.24) is 9.37 Å². The average molecular weight is 457 g/mol. The number of piperazine rings is 1. The van der Waals surface area contributed by atoms with E-state index in [1.165, 1.54) is 16.4 Å². The van der Waals surface area contributed by atoms with Gasteiger partial charge >= 0.3 is 12.5 Å². The van der Waals surface area contributed by atoms with Gasteiger partial charge in [-0.15, -0.1) is 0 Å². The van der Waals surface area contributed by atoms with Crippen LogP contribution in [0.2, 0.25) is 0 Å². The number of halogens is 4. The summed E-state index contributed by atoms with van der Waals surface area (Å²) in [5.74, 6) is -0.831. The van der Waals surface area contributed by atoms with Crippen LogP contribution in [0.25, 0.3) is 0 Å². The number of rotatable bonds is 10. The number of hydrogen-bond donors (Lipinski definition) is 1. The molecule has 2 rings (SSSR count). The summed E-state index contributed by atoms with van der Waals surface area (Å²) < 4.78 is 80.7. The molecule has 170 valence electrons. The minimum Gasteiger partial charge on any atom is -0.428 e. The van der Waals surface area contributed by atoms with Gasteiger partial charge in [0.05, 0.1) is 11.8 Å². The van der Waals surface area contributed by atoms with Crippen LogP contribution in [0.1, 0.15) is 13.3 Å². The van der Waals surface area contributed by atoms with Crippen molar-refractivity contribution in [1.29, 1.82) is 0 Å². The highest BCUT2D eigenvalue weighted by molar-refractivity contribution is 7.89. The van der Waals surface area contributed by atoms with Crippen LogP contribution in [0.4, 0.5) is 23.2 Å². The van der Waals surface area contributed by atoms with Crippen molar-refractivity contribution in [2.24, 2.45) is 0 Å². The normalized spacial score (nSPS) is 17.1. The molecule has 1 heterocycles. The van der Waals surface area contributed by atoms with E-state index in [1.807, 2.05) is 4.90 Å². The first-order valence-electron chi connectivity index (χ1n) is 9.10. The van der Waals surface area contributed by atoms with Gasteiger partial charge in [0.2, 0.25) is 16.4 Å². The highest BCUT2D eigenvalue weighted by Gasteiger charge is 2.44. The fraction of sp³-hybridized carbons (Fsp3) is 0.588. The van der Waals surface area contributed by atoms with Gasteiger partial charge in [-0.3, -0.25) is 10.0 Å². The van der Waals surface area contributed by atoms with E-state index >= 15 is 0 Å². The highest BCUT2D eigenvalue weighted by atomic mass is 32.2. The van der Waals surface area contributed by atoms with Crippen LogP contribution < -0.4 is 9.64 Å². The van der Waals surface area contributed by atoms with Crippen LogP contribution in [0.3, 0.4) is 0 Å². The van der Waals surface area contributed by atoms with Crippen molar-refractivity contribution in [3.8, 4) is 5.75 Å². The van der Waals surface area contributed by atoms with E-state index in [0.29, 0.717) is 23.8 Å². The summed E-state index contributed by atoms with van der Waals surface area (Å²) in [6.07, 6.45) is -8.13. The zero-order valence-corrected chi connectivity index (χ0v) is 16.9. The van der Waals surface area contributed by atoms with Gasteiger partial charge in [-0.25, -0.2) is 13.5 Å². The lowest BCUT2D eigenvalue weighted by Crippen LogP contribution is -2.51. The maximum absolute atomic E-state index is 12.9. The van der Waals surface area contributed by atoms with Gasteiger partial charge in [-0.05, 0) is 30.7 Å². The Balaban J connectivity index is 1.96. The molecule has 8 nitrogen and oxygen atoms in total. The second kappa shape index (κ2) is 9.79. The molecular formula is C17H23F4N3O5S. The Morgan fingerprint density at radius 2 is 1.77 bits per heavy atom. The number of anilines is 1. The minimum absolute atomic E-state index is 0.146. The van der Waals surface area contributed by atoms with E-state index in [2.05, 4.69) is 4.74 Å². The summed E-state index contributed by atoms with van der Waals surface area (Å²) in [6, 6.07) is 4.25. The van der Waals surface area contributed by atoms with E-state index < -0.39 is 40.1 Å². The maximum Gasteiger partial charge on any atom is 0.461 e. The van der Waals surface area contributed by atoms with E-state index in [9.17, 15) is 36.0 Å². The fourth-order valence-electron chi connectivity index (χ4n) is 2.97. The summed E-state index contributed by atoms with van der Waals surface area (Å²) >= 11 is 0. The van der Waals surface area contributed by atoms with Gasteiger partial charge in [0.15, 0.2) is 0 Å². The Morgan fingerprint density at radius 1 is 1.20 bits per heavy atom. The van der Waals surface area contributed by atoms with Crippen molar-refractivity contribution in [2.75, 3.05) is 36.8 Å². The van der Waals surface area contributed by atoms with Gasteiger partial charge in [-0.1, -0.05) is 6.92 Å². The predicted molar refractivity (Wildman–Crippen MR) is 99.4 cm³/mol. The first kappa shape index (κ1) is 24.2. The first-order valence-corrected chi connectivity index (χ1v) is 10.7. The number of amides is 1. The maximum atomic E-state index is 12.9. The molecule has 30 heavy (non-hydrogen) atoms. The van der Waals surface area contributed by atoms with Crippen LogP contribution in [-0.4, -0.2) is 79.9 Å². The molecule has 1 unspecified atom stereocenters. The van der Waals surface area contributed by atoms with Crippen molar-refractivity contribution in [3.63, 3.8) is 0 Å². The average Bonchev–Trinajstić information content (AvgIpc) is 2.71. The third-order valence-corrected chi connectivity index (χ3v) is 6.66. The number of carbonyl (C=O) groups excluding carboxylic acids is 1. The Hall–Kier alpha value is -2.12. The molecule has 1 N–H and O–H groups in total. The summed E-state index contributed by atoms with van der Waals surface area (Å²) in [5.41, 5.74) is 0.591. The summed E-state index contributed by atoms with van der Waals surface area (Å²) in [7, 11) is -3.72. The molecule has 0 aromatic heterocycles. The molecule has 0 radical (unpaired) electrons. The standard InChI is InChI=1S/C17H23F4N3O5S/c1-2-13(24(26)12-25)11-30(27,28)23-9-7-22(8-10-23)14-3-5-15(6-4-14)29-17(20,21)16(18)19/h3-6,12-13,16,26H,2,7-11H2,1H3. The quantitative estimate of drug-likeness (QED) is 0.250. The molecule has 1 atom stereocenters. The number of hydroxylamine groups is 2. The topological polar surface area (TPSA) is 90.4 Å². The van der Waals surface area contributed by atoms with Gasteiger partial charge in [0.25, 0.3) is 0 Å². The molecule has 1 saturated heterocycles. The Bertz CT molecular complexity index is 802. The lowest BCUT2D eigenvalue weighted by Gasteiger charge is -2.36. The number of sulfonamides is 1. The number of carbonyl (C=O) groups is 1. The van der Waals surface area contributed by atoms with Gasteiger partial charge in [0.1, 0.15) is 5.75 Å². The molecule has 1 aromatic carbocycles. The molecule has 0 saturated carbocycles. The second-order valence-corrected chi connectivity index (χ2v) is 8.68. The van der Waals surface area contributed by atoms with Crippen molar-refractivity contribution >= 4 is 22.1 Å². The molecule has 0 bridgehead atoms. The lowest BCUT2D eigenvalue weighted by atomic mass is 10.2. The van der Waals surface area contributed by atoms with Gasteiger partial charge in [0, 0.05) is 31.9 Å². The Labute approximate surface area is 171 Å². The Kier molecular flexibility index (Phi) is 7.88. The van der Waals surface area contributed by atoms with Crippen LogP contribution in [-0.2, 0) is 14.8 Å². The largest absolute Gasteiger partial charge is 0.461 e. The first-order chi connectivity index (χ1) is 14.0. The van der Waals surface area contributed by atoms with Crippen molar-refractivity contribution in [3.05, 3.63) is 24.3 Å². The lowest BCUT2D eigenvalue weighted by molar-refractivity contribution is -0.253. The third kappa shape index (κ3) is 5.95. The van der Waals surface area contributed by atoms with Crippen molar-refractivity contribution in [2.45, 2.75) is 31.9 Å². The molecule has 13 heteroatoms. The Morgan fingerprint density at radius 3 is 2.23 bits per heavy atom. The molecule has 0 aliphatic carbocycles. The summed E-state index contributed by atoms with van der Waals surface area (Å²) in [5, 5.41) is 9.81. The van der Waals surface area contributed by atoms with Crippen LogP contribution in [0.5, 0.6) is 5.75 Å². The zero-order chi connectivity index (χ0) is 22.5. The molecule has 1 aliphatic rings. The summed E-state index contributed by atoms with van der Waals surface area (Å²) in [6.45, 7) is 2.55. The molecule has 0 spiro atoms. The smallest absolute Gasteiger partial charge is 0.428 e. The van der Waals surface area contributed by atoms with Crippen LogP contribution >= 0.6 is 0 Å². The monoisotopic (exact) mass is 457 g/mol. The van der Waals surface area contributed by atoms with Crippen LogP contribution in [0, 0.1) is 0 Å². The number of hydrogen-bond acceptors (Lipinski definition) is 6. The van der Waals surface area contributed by atoms with E-state index in [1.54, 1.807) is 6.92 Å². The summed E-state index contributed by atoms with van der Waals surface area (Å²) in [4.78, 5) is 12.5. The van der Waals surface area contributed by atoms with Gasteiger partial charge < -0.3 is 9.64 Å². The molecular weight excluding hydrogens is 434 g/mol. The van der Waals surface area contributed by atoms with E-state index in [4.69, 9.17) is 0 Å². The third-order valence-electron chi connectivity index (χ3n) is 4.70. The molecule has 1 aliphatic heterocycles. The fourth-order valence-corrected chi connectivity index (χ4v) is 4.77. The van der Waals surface area contributed by atoms with Crippen molar-refractivity contribution < 1.29 is 40.7 Å². The minimum atomic E-state index is -4.59. The number of nitrogens with zero attached hydrogens (tertiary/aromatic N) is 3. The molecule has 1 aromatic rings. The number of benzene rings is 1. The predicted octanol–water partition coefficient (Wildman–Crippen LogP) is 2.00. The SMILES string of the molecule is CCC(CS(=O)(=O)N1CCN(c2ccc(OC(F)(F)C(F)F)cc2)CC1)N(O)C=O. The molecule has 1 amide bonds. The second-order valence-electron chi connectivity index (χ2n) is 6.67. The van der Waals surface area contributed by atoms with Gasteiger partial charge in [-0.2, -0.15) is 21.9 Å².